The summed E-state index contributed by atoms with van der Waals surface area (Å²) in [5, 5.41) is 10.5. The second-order valence-corrected chi connectivity index (χ2v) is 6.40. The lowest BCUT2D eigenvalue weighted by atomic mass is 10.2. The number of pyridine rings is 1. The summed E-state index contributed by atoms with van der Waals surface area (Å²) in [4.78, 5) is 12.6. The number of alkyl halides is 2. The molecule has 0 aliphatic carbocycles. The van der Waals surface area contributed by atoms with E-state index in [1.165, 1.54) is 12.1 Å². The molecule has 0 bridgehead atoms. The van der Waals surface area contributed by atoms with Gasteiger partial charge < -0.3 is 19.9 Å². The number of aliphatic imine (C=N–C) groups is 1. The molecule has 0 unspecified atom stereocenters. The molecule has 0 fully saturated rings. The van der Waals surface area contributed by atoms with Crippen molar-refractivity contribution in [3.63, 3.8) is 0 Å². The predicted octanol–water partition coefficient (Wildman–Crippen LogP) is 3.91. The van der Waals surface area contributed by atoms with Crippen LogP contribution in [0.25, 0.3) is 11.6 Å². The lowest BCUT2D eigenvalue weighted by molar-refractivity contribution is -0.0504. The molecule has 0 atom stereocenters. The second kappa shape index (κ2) is 12.3. The number of nitrogens with one attached hydrogen (secondary N) is 2. The van der Waals surface area contributed by atoms with Crippen molar-refractivity contribution in [2.45, 2.75) is 19.6 Å². The van der Waals surface area contributed by atoms with Crippen LogP contribution in [0.15, 0.2) is 52.1 Å². The van der Waals surface area contributed by atoms with Crippen LogP contribution in [0.3, 0.4) is 0 Å². The van der Waals surface area contributed by atoms with Crippen LogP contribution in [0.2, 0.25) is 5.02 Å². The number of nitrogens with zero attached hydrogens (tertiary/aromatic N) is 4. The monoisotopic (exact) mass is 564 g/mol. The molecule has 0 aliphatic rings. The maximum Gasteiger partial charge on any atom is 0.387 e. The first kappa shape index (κ1) is 24.7. The minimum absolute atomic E-state index is 0. The van der Waals surface area contributed by atoms with Crippen LogP contribution in [-0.2, 0) is 13.0 Å². The van der Waals surface area contributed by atoms with Gasteiger partial charge in [-0.25, -0.2) is 0 Å². The van der Waals surface area contributed by atoms with Gasteiger partial charge in [-0.15, -0.1) is 24.0 Å². The lowest BCUT2D eigenvalue weighted by Gasteiger charge is -2.14. The van der Waals surface area contributed by atoms with Crippen molar-refractivity contribution in [1.29, 1.82) is 0 Å². The summed E-state index contributed by atoms with van der Waals surface area (Å²) in [5.41, 5.74) is 1.08. The number of aromatic nitrogens is 3. The summed E-state index contributed by atoms with van der Waals surface area (Å²) in [6.45, 7) is -2.27. The maximum absolute atomic E-state index is 12.6. The van der Waals surface area contributed by atoms with Crippen molar-refractivity contribution in [1.82, 2.24) is 25.8 Å². The van der Waals surface area contributed by atoms with E-state index in [0.29, 0.717) is 46.9 Å². The molecule has 31 heavy (non-hydrogen) atoms. The van der Waals surface area contributed by atoms with E-state index in [9.17, 15) is 8.78 Å². The van der Waals surface area contributed by atoms with E-state index in [2.05, 4.69) is 35.5 Å². The minimum atomic E-state index is -2.92. The Balaban J connectivity index is 0.00000341. The van der Waals surface area contributed by atoms with Crippen molar-refractivity contribution in [2.24, 2.45) is 4.99 Å². The Bertz CT molecular complexity index is 991. The Kier molecular flexibility index (Phi) is 9.85. The summed E-state index contributed by atoms with van der Waals surface area (Å²) >= 11 is 5.96. The average Bonchev–Trinajstić information content (AvgIpc) is 3.21. The van der Waals surface area contributed by atoms with E-state index in [0.717, 1.165) is 0 Å². The molecule has 3 rings (SSSR count). The fraction of sp³-hybridized carbons (Fsp3) is 0.263. The van der Waals surface area contributed by atoms with Crippen LogP contribution in [0, 0.1) is 0 Å². The van der Waals surface area contributed by atoms with Crippen LogP contribution >= 0.6 is 35.6 Å². The van der Waals surface area contributed by atoms with Gasteiger partial charge in [0.25, 0.3) is 5.89 Å². The van der Waals surface area contributed by atoms with Gasteiger partial charge in [-0.2, -0.15) is 13.8 Å². The number of rotatable bonds is 8. The first-order valence-corrected chi connectivity index (χ1v) is 9.34. The zero-order valence-electron chi connectivity index (χ0n) is 16.4. The Labute approximate surface area is 199 Å². The molecule has 1 aromatic carbocycles. The van der Waals surface area contributed by atoms with Crippen molar-refractivity contribution in [2.75, 3.05) is 13.6 Å². The van der Waals surface area contributed by atoms with Crippen molar-refractivity contribution in [3.05, 3.63) is 59.0 Å². The molecule has 2 N–H and O–H groups in total. The number of hydrogen-bond donors (Lipinski definition) is 2. The molecule has 0 saturated carbocycles. The lowest BCUT2D eigenvalue weighted by Crippen LogP contribution is -2.38. The molecule has 0 spiro atoms. The van der Waals surface area contributed by atoms with E-state index in [-0.39, 0.29) is 36.3 Å². The van der Waals surface area contributed by atoms with Crippen LogP contribution < -0.4 is 15.4 Å². The van der Waals surface area contributed by atoms with Crippen molar-refractivity contribution >= 4 is 41.5 Å². The minimum Gasteiger partial charge on any atom is -0.434 e. The summed E-state index contributed by atoms with van der Waals surface area (Å²) < 4.78 is 34.9. The molecule has 0 aliphatic heterocycles. The van der Waals surface area contributed by atoms with E-state index in [1.54, 1.807) is 31.4 Å². The molecule has 0 radical (unpaired) electrons. The second-order valence-electron chi connectivity index (χ2n) is 5.96. The maximum atomic E-state index is 12.6. The highest BCUT2D eigenvalue weighted by molar-refractivity contribution is 14.0. The van der Waals surface area contributed by atoms with Gasteiger partial charge in [-0.05, 0) is 30.3 Å². The third-order valence-electron chi connectivity index (χ3n) is 3.90. The molecule has 0 amide bonds. The third kappa shape index (κ3) is 7.58. The van der Waals surface area contributed by atoms with Gasteiger partial charge in [0.1, 0.15) is 11.4 Å². The molecule has 166 valence electrons. The van der Waals surface area contributed by atoms with Gasteiger partial charge in [-0.3, -0.25) is 9.98 Å². The number of halogens is 4. The summed E-state index contributed by atoms with van der Waals surface area (Å²) in [6, 6.07) is 9.86. The van der Waals surface area contributed by atoms with Gasteiger partial charge in [0, 0.05) is 43.3 Å². The summed E-state index contributed by atoms with van der Waals surface area (Å²) in [7, 11) is 1.59. The van der Waals surface area contributed by atoms with E-state index in [4.69, 9.17) is 16.1 Å². The number of guanidine groups is 1. The molecule has 3 aromatic rings. The average molecular weight is 565 g/mol. The van der Waals surface area contributed by atoms with Gasteiger partial charge in [-0.1, -0.05) is 22.8 Å². The fourth-order valence-corrected chi connectivity index (χ4v) is 2.73. The number of benzene rings is 1. The first-order valence-electron chi connectivity index (χ1n) is 8.97. The number of hydrogen-bond acceptors (Lipinski definition) is 6. The normalized spacial score (nSPS) is 11.2. The van der Waals surface area contributed by atoms with Crippen LogP contribution in [0.5, 0.6) is 5.75 Å². The highest BCUT2D eigenvalue weighted by atomic mass is 127. The SMILES string of the molecule is CN=C(NCCc1noc(-c2ccccn2)n1)NCc1cc(Cl)ccc1OC(F)F.I. The summed E-state index contributed by atoms with van der Waals surface area (Å²) in [5.74, 6) is 1.37. The topological polar surface area (TPSA) is 97.5 Å². The predicted molar refractivity (Wildman–Crippen MR) is 123 cm³/mol. The fourth-order valence-electron chi connectivity index (χ4n) is 2.54. The molecule has 0 saturated heterocycles. The van der Waals surface area contributed by atoms with Gasteiger partial charge in [0.05, 0.1) is 0 Å². The number of ether oxygens (including phenoxy) is 1. The van der Waals surface area contributed by atoms with Crippen LogP contribution in [-0.4, -0.2) is 41.3 Å². The molecular weight excluding hydrogens is 545 g/mol. The Morgan fingerprint density at radius 2 is 2.10 bits per heavy atom. The highest BCUT2D eigenvalue weighted by Crippen LogP contribution is 2.24. The largest absolute Gasteiger partial charge is 0.434 e. The van der Waals surface area contributed by atoms with Gasteiger partial charge in [0.2, 0.25) is 0 Å². The quantitative estimate of drug-likeness (QED) is 0.243. The molecule has 2 aromatic heterocycles. The van der Waals surface area contributed by atoms with Crippen molar-refractivity contribution < 1.29 is 18.0 Å². The standard InChI is InChI=1S/C19H19ClF2N6O2.HI/c1-23-19(26-11-12-10-13(20)5-6-15(12)29-18(21)22)25-9-7-16-27-17(30-28-16)14-4-2-3-8-24-14;/h2-6,8,10,18H,7,9,11H2,1H3,(H2,23,25,26);1H. The van der Waals surface area contributed by atoms with Gasteiger partial charge in [0.15, 0.2) is 11.8 Å². The highest BCUT2D eigenvalue weighted by Gasteiger charge is 2.12. The van der Waals surface area contributed by atoms with E-state index in [1.807, 2.05) is 6.07 Å². The summed E-state index contributed by atoms with van der Waals surface area (Å²) in [6.07, 6.45) is 2.13. The molecule has 8 nitrogen and oxygen atoms in total. The first-order chi connectivity index (χ1) is 14.5. The molecular formula is C19H20ClF2IN6O2. The smallest absolute Gasteiger partial charge is 0.387 e. The van der Waals surface area contributed by atoms with Crippen LogP contribution in [0.1, 0.15) is 11.4 Å². The Hall–Kier alpha value is -2.54. The molecule has 12 heteroatoms. The molecule has 2 heterocycles. The van der Waals surface area contributed by atoms with Gasteiger partial charge >= 0.3 is 6.61 Å². The van der Waals surface area contributed by atoms with E-state index >= 15 is 0 Å². The third-order valence-corrected chi connectivity index (χ3v) is 4.14. The Morgan fingerprint density at radius 1 is 1.26 bits per heavy atom. The van der Waals surface area contributed by atoms with E-state index < -0.39 is 6.61 Å². The Morgan fingerprint density at radius 3 is 2.81 bits per heavy atom. The zero-order chi connectivity index (χ0) is 21.3. The van der Waals surface area contributed by atoms with Crippen LogP contribution in [0.4, 0.5) is 8.78 Å². The van der Waals surface area contributed by atoms with Crippen molar-refractivity contribution in [3.8, 4) is 17.3 Å². The zero-order valence-corrected chi connectivity index (χ0v) is 19.5.